The van der Waals surface area contributed by atoms with E-state index in [1.165, 1.54) is 32.9 Å². The van der Waals surface area contributed by atoms with Crippen molar-refractivity contribution in [3.63, 3.8) is 0 Å². The molecule has 0 aromatic heterocycles. The first-order valence-electron chi connectivity index (χ1n) is 16.9. The van der Waals surface area contributed by atoms with Gasteiger partial charge in [0.05, 0.1) is 17.4 Å². The molecular formula is C37H46O15. The lowest BCUT2D eigenvalue weighted by molar-refractivity contribution is -0.334. The molecule has 15 nitrogen and oxygen atoms in total. The summed E-state index contributed by atoms with van der Waals surface area (Å²) in [6.45, 7) is 15.4. The van der Waals surface area contributed by atoms with Gasteiger partial charge in [-0.3, -0.25) is 28.8 Å². The van der Waals surface area contributed by atoms with Crippen molar-refractivity contribution in [1.29, 1.82) is 0 Å². The van der Waals surface area contributed by atoms with Crippen LogP contribution in [0, 0.1) is 23.2 Å². The molecule has 2 heterocycles. The molecule has 1 unspecified atom stereocenters. The Bertz CT molecular complexity index is 1630. The molecule has 3 aliphatic rings. The highest BCUT2D eigenvalue weighted by atomic mass is 16.7. The molecule has 1 aliphatic carbocycles. The largest absolute Gasteiger partial charge is 0.462 e. The molecule has 2 saturated heterocycles. The average molecular weight is 731 g/mol. The van der Waals surface area contributed by atoms with Gasteiger partial charge in [-0.1, -0.05) is 52.5 Å². The average Bonchev–Trinajstić information content (AvgIpc) is 3.45. The van der Waals surface area contributed by atoms with Crippen LogP contribution in [-0.2, 0) is 61.9 Å². The molecule has 4 rings (SSSR count). The van der Waals surface area contributed by atoms with Crippen LogP contribution in [0.3, 0.4) is 0 Å². The summed E-state index contributed by atoms with van der Waals surface area (Å²) in [4.78, 5) is 92.5. The van der Waals surface area contributed by atoms with Crippen LogP contribution in [0.25, 0.3) is 0 Å². The quantitative estimate of drug-likeness (QED) is 0.243. The van der Waals surface area contributed by atoms with E-state index in [1.54, 1.807) is 25.1 Å². The molecule has 52 heavy (non-hydrogen) atoms. The zero-order valence-electron chi connectivity index (χ0n) is 30.7. The van der Waals surface area contributed by atoms with Crippen molar-refractivity contribution < 1.29 is 71.8 Å². The Morgan fingerprint density at radius 3 is 1.83 bits per heavy atom. The number of esters is 6. The van der Waals surface area contributed by atoms with Crippen LogP contribution in [0.2, 0.25) is 0 Å². The van der Waals surface area contributed by atoms with Gasteiger partial charge in [0.25, 0.3) is 0 Å². The lowest BCUT2D eigenvalue weighted by Gasteiger charge is -2.49. The van der Waals surface area contributed by atoms with E-state index in [-0.39, 0.29) is 17.6 Å². The number of rotatable bonds is 7. The number of aliphatic hydroxyl groups is 1. The monoisotopic (exact) mass is 730 g/mol. The zero-order chi connectivity index (χ0) is 39.1. The minimum absolute atomic E-state index is 0.0459. The summed E-state index contributed by atoms with van der Waals surface area (Å²) in [6.07, 6.45) is -10.4. The zero-order valence-corrected chi connectivity index (χ0v) is 30.7. The second-order valence-electron chi connectivity index (χ2n) is 14.3. The number of fused-ring (bicyclic) bond motifs is 4. The predicted octanol–water partition coefficient (Wildman–Crippen LogP) is 2.79. The second kappa shape index (κ2) is 14.8. The van der Waals surface area contributed by atoms with Gasteiger partial charge in [-0.05, 0) is 24.5 Å². The first kappa shape index (κ1) is 40.1. The fourth-order valence-electron chi connectivity index (χ4n) is 7.99. The maximum atomic E-state index is 14.4. The minimum atomic E-state index is -2.71. The second-order valence-corrected chi connectivity index (χ2v) is 14.3. The van der Waals surface area contributed by atoms with E-state index in [2.05, 4.69) is 6.58 Å². The molecule has 1 aromatic rings. The smallest absolute Gasteiger partial charge is 0.338 e. The maximum absolute atomic E-state index is 14.4. The standard InChI is InChI=1S/C37H46O15/c1-17-16-36(51-24(8)42)26(28(17)46-20(4)38)29(47-21(5)39)18(2)30(48-22(6)40)31(50-34(44)25-14-12-11-13-15-25)33(49-23(7)41)35(9,10)32-27(43)19(3)37(36,45)52-32/h11-15,17,19,26,28-33,45H,2,16H2,1,3-10H3/t17-,19+,26+,28-,29-,30+,31+,32?,33+,36+,37+/m0/s1. The lowest BCUT2D eigenvalue weighted by atomic mass is 9.68. The predicted molar refractivity (Wildman–Crippen MR) is 177 cm³/mol. The van der Waals surface area contributed by atoms with Gasteiger partial charge in [-0.2, -0.15) is 0 Å². The Morgan fingerprint density at radius 2 is 1.31 bits per heavy atom. The van der Waals surface area contributed by atoms with E-state index in [0.29, 0.717) is 0 Å². The molecule has 0 spiro atoms. The number of carbonyl (C=O) groups excluding carboxylic acids is 7. The van der Waals surface area contributed by atoms with Crippen molar-refractivity contribution in [2.75, 3.05) is 0 Å². The molecule has 1 saturated carbocycles. The molecule has 284 valence electrons. The van der Waals surface area contributed by atoms with Crippen molar-refractivity contribution in [2.45, 2.75) is 117 Å². The fourth-order valence-corrected chi connectivity index (χ4v) is 7.99. The van der Waals surface area contributed by atoms with Crippen LogP contribution in [0.1, 0.15) is 79.1 Å². The van der Waals surface area contributed by atoms with Crippen LogP contribution in [0.4, 0.5) is 0 Å². The summed E-state index contributed by atoms with van der Waals surface area (Å²) < 4.78 is 41.7. The molecule has 11 atom stereocenters. The topological polar surface area (TPSA) is 204 Å². The molecule has 0 radical (unpaired) electrons. The van der Waals surface area contributed by atoms with Crippen LogP contribution >= 0.6 is 0 Å². The van der Waals surface area contributed by atoms with Gasteiger partial charge in [0, 0.05) is 45.6 Å². The van der Waals surface area contributed by atoms with E-state index in [9.17, 15) is 38.7 Å². The molecule has 15 heteroatoms. The molecule has 0 amide bonds. The third-order valence-corrected chi connectivity index (χ3v) is 10.1. The van der Waals surface area contributed by atoms with Gasteiger partial charge in [0.2, 0.25) is 5.79 Å². The summed E-state index contributed by atoms with van der Waals surface area (Å²) >= 11 is 0. The van der Waals surface area contributed by atoms with Crippen molar-refractivity contribution in [3.05, 3.63) is 48.0 Å². The van der Waals surface area contributed by atoms with Crippen LogP contribution in [0.5, 0.6) is 0 Å². The van der Waals surface area contributed by atoms with Crippen molar-refractivity contribution in [2.24, 2.45) is 23.2 Å². The van der Waals surface area contributed by atoms with Gasteiger partial charge in [-0.25, -0.2) is 4.79 Å². The van der Waals surface area contributed by atoms with Crippen LogP contribution in [-0.4, -0.2) is 94.7 Å². The van der Waals surface area contributed by atoms with E-state index < -0.39 is 113 Å². The number of ether oxygens (including phenoxy) is 7. The Labute approximate surface area is 301 Å². The highest BCUT2D eigenvalue weighted by Gasteiger charge is 2.77. The fraction of sp³-hybridized carbons (Fsp3) is 0.595. The third kappa shape index (κ3) is 7.20. The van der Waals surface area contributed by atoms with E-state index in [0.717, 1.165) is 34.6 Å². The number of hydrogen-bond donors (Lipinski definition) is 1. The van der Waals surface area contributed by atoms with E-state index in [1.807, 2.05) is 0 Å². The first-order valence-corrected chi connectivity index (χ1v) is 16.9. The first-order chi connectivity index (χ1) is 24.1. The normalized spacial score (nSPS) is 35.2. The van der Waals surface area contributed by atoms with Gasteiger partial charge in [0.1, 0.15) is 18.3 Å². The minimum Gasteiger partial charge on any atom is -0.462 e. The SMILES string of the molecule is C=C1[C@@H](OC(C)=O)[C@@H](OC(=O)c2ccccc2)[C@@H](OC(C)=O)C(C)(C)C2O[C@](O)([C@H](C)C2=O)[C@@]2(OC(C)=O)C[C@H](C)[C@H](OC(C)=O)[C@@H]2[C@H]1OC(C)=O. The summed E-state index contributed by atoms with van der Waals surface area (Å²) in [6, 6.07) is 7.68. The number of hydrogen-bond acceptors (Lipinski definition) is 15. The van der Waals surface area contributed by atoms with E-state index >= 15 is 0 Å². The summed E-state index contributed by atoms with van der Waals surface area (Å²) in [7, 11) is 0. The maximum Gasteiger partial charge on any atom is 0.338 e. The number of Topliss-reactive ketones (excluding diaryl/α,β-unsaturated/α-hetero) is 1. The van der Waals surface area contributed by atoms with Crippen LogP contribution in [0.15, 0.2) is 42.5 Å². The molecule has 1 aromatic carbocycles. The molecule has 2 bridgehead atoms. The van der Waals surface area contributed by atoms with Gasteiger partial charge < -0.3 is 38.3 Å². The number of ketones is 1. The Hall–Kier alpha value is -4.63. The summed E-state index contributed by atoms with van der Waals surface area (Å²) in [5.41, 5.74) is -4.28. The van der Waals surface area contributed by atoms with Crippen molar-refractivity contribution >= 4 is 41.6 Å². The summed E-state index contributed by atoms with van der Waals surface area (Å²) in [5, 5.41) is 12.8. The number of benzene rings is 1. The Balaban J connectivity index is 2.16. The van der Waals surface area contributed by atoms with E-state index in [4.69, 9.17) is 33.2 Å². The molecular weight excluding hydrogens is 684 g/mol. The molecule has 1 N–H and O–H groups in total. The van der Waals surface area contributed by atoms with Crippen molar-refractivity contribution in [3.8, 4) is 0 Å². The van der Waals surface area contributed by atoms with Crippen LogP contribution < -0.4 is 0 Å². The lowest BCUT2D eigenvalue weighted by Crippen LogP contribution is -2.66. The molecule has 3 fully saturated rings. The van der Waals surface area contributed by atoms with Gasteiger partial charge in [-0.15, -0.1) is 0 Å². The summed E-state index contributed by atoms with van der Waals surface area (Å²) in [5.74, 6) is -12.7. The third-order valence-electron chi connectivity index (χ3n) is 10.1. The highest BCUT2D eigenvalue weighted by molar-refractivity contribution is 5.90. The van der Waals surface area contributed by atoms with Gasteiger partial charge in [0.15, 0.2) is 29.7 Å². The number of carbonyl (C=O) groups is 7. The highest BCUT2D eigenvalue weighted by Crippen LogP contribution is 2.60. The van der Waals surface area contributed by atoms with Crippen molar-refractivity contribution in [1.82, 2.24) is 0 Å². The Kier molecular flexibility index (Phi) is 11.4. The molecule has 2 aliphatic heterocycles. The van der Waals surface area contributed by atoms with Gasteiger partial charge >= 0.3 is 35.8 Å². The Morgan fingerprint density at radius 1 is 0.769 bits per heavy atom.